The zero-order chi connectivity index (χ0) is 24.0. The third-order valence-electron chi connectivity index (χ3n) is 8.37. The smallest absolute Gasteiger partial charge is 0.216 e. The van der Waals surface area contributed by atoms with Crippen molar-refractivity contribution in [2.45, 2.75) is 65.2 Å². The van der Waals surface area contributed by atoms with Crippen LogP contribution in [0.5, 0.6) is 0 Å². The van der Waals surface area contributed by atoms with E-state index in [1.165, 1.54) is 67.9 Å². The predicted molar refractivity (Wildman–Crippen MR) is 143 cm³/mol. The lowest BCUT2D eigenvalue weighted by Gasteiger charge is -2.42. The van der Waals surface area contributed by atoms with Crippen LogP contribution in [0.2, 0.25) is 0 Å². The third kappa shape index (κ3) is 2.90. The number of hydrogen-bond acceptors (Lipinski definition) is 1. The second-order valence-electron chi connectivity index (χ2n) is 11.7. The van der Waals surface area contributed by atoms with Crippen molar-refractivity contribution < 1.29 is 8.98 Å². The highest BCUT2D eigenvalue weighted by molar-refractivity contribution is 6.15. The molecule has 2 aromatic heterocycles. The van der Waals surface area contributed by atoms with Crippen LogP contribution < -0.4 is 4.57 Å². The van der Waals surface area contributed by atoms with E-state index in [1.54, 1.807) is 0 Å². The van der Waals surface area contributed by atoms with Crippen molar-refractivity contribution in [3.8, 4) is 11.3 Å². The maximum atomic E-state index is 6.76. The summed E-state index contributed by atoms with van der Waals surface area (Å²) in [6, 6.07) is 18.1. The standard InChI is InChI=1S/C32H34NO/c1-19-16-20(2)28(25-10-8-9-15-33(25)7)30-27(19)23-17-21-11-12-24-29(22(21)18-26(23)34-30)32(5,6)14-13-31(24,3)4/h8-12,15-18H,13-14H2,1-7H3/q+1. The number of aromatic nitrogens is 1. The molecule has 2 heterocycles. The fraction of sp³-hybridized carbons (Fsp3) is 0.344. The van der Waals surface area contributed by atoms with E-state index in [9.17, 15) is 0 Å². The van der Waals surface area contributed by atoms with Crippen LogP contribution in [0.25, 0.3) is 44.0 Å². The molecule has 0 bridgehead atoms. The van der Waals surface area contributed by atoms with Gasteiger partial charge in [0.15, 0.2) is 6.20 Å². The topological polar surface area (TPSA) is 17.0 Å². The second-order valence-corrected chi connectivity index (χ2v) is 11.7. The van der Waals surface area contributed by atoms with Crippen molar-refractivity contribution in [2.24, 2.45) is 7.05 Å². The summed E-state index contributed by atoms with van der Waals surface area (Å²) in [5.41, 5.74) is 10.2. The first-order valence-corrected chi connectivity index (χ1v) is 12.5. The Hall–Kier alpha value is -3.13. The van der Waals surface area contributed by atoms with Crippen molar-refractivity contribution >= 4 is 32.7 Å². The molecule has 172 valence electrons. The Morgan fingerprint density at radius 1 is 0.824 bits per heavy atom. The molecule has 3 aromatic carbocycles. The summed E-state index contributed by atoms with van der Waals surface area (Å²) in [6.07, 6.45) is 4.53. The molecule has 5 aromatic rings. The molecule has 0 saturated heterocycles. The summed E-state index contributed by atoms with van der Waals surface area (Å²) in [5.74, 6) is 0. The maximum absolute atomic E-state index is 6.76. The van der Waals surface area contributed by atoms with Crippen molar-refractivity contribution in [1.29, 1.82) is 0 Å². The summed E-state index contributed by atoms with van der Waals surface area (Å²) < 4.78 is 8.94. The van der Waals surface area contributed by atoms with Gasteiger partial charge in [0.2, 0.25) is 5.69 Å². The molecule has 0 N–H and O–H groups in total. The van der Waals surface area contributed by atoms with Crippen LogP contribution >= 0.6 is 0 Å². The van der Waals surface area contributed by atoms with E-state index < -0.39 is 0 Å². The average molecular weight is 449 g/mol. The van der Waals surface area contributed by atoms with Crippen LogP contribution in [-0.2, 0) is 17.9 Å². The molecule has 2 nitrogen and oxygen atoms in total. The first-order valence-electron chi connectivity index (χ1n) is 12.5. The molecule has 0 saturated carbocycles. The van der Waals surface area contributed by atoms with Crippen molar-refractivity contribution in [3.05, 3.63) is 77.0 Å². The largest absolute Gasteiger partial charge is 0.455 e. The van der Waals surface area contributed by atoms with Crippen LogP contribution in [0.1, 0.15) is 62.8 Å². The second kappa shape index (κ2) is 6.95. The number of benzene rings is 3. The minimum Gasteiger partial charge on any atom is -0.455 e. The van der Waals surface area contributed by atoms with Gasteiger partial charge in [-0.05, 0) is 88.7 Å². The zero-order valence-corrected chi connectivity index (χ0v) is 21.5. The van der Waals surface area contributed by atoms with E-state index in [1.807, 2.05) is 0 Å². The number of pyridine rings is 1. The SMILES string of the molecule is Cc1cc(C)c2c(oc3cc4c5c(ccc4cc32)C(C)(C)CCC5(C)C)c1-c1cccc[n+]1C. The van der Waals surface area contributed by atoms with E-state index in [0.29, 0.717) is 0 Å². The number of fused-ring (bicyclic) bond motifs is 6. The van der Waals surface area contributed by atoms with E-state index >= 15 is 0 Å². The predicted octanol–water partition coefficient (Wildman–Crippen LogP) is 8.20. The Bertz CT molecular complexity index is 1630. The Balaban J connectivity index is 1.75. The summed E-state index contributed by atoms with van der Waals surface area (Å²) in [7, 11) is 2.10. The number of furan rings is 1. The monoisotopic (exact) mass is 448 g/mol. The molecule has 0 fully saturated rings. The molecule has 0 amide bonds. The quantitative estimate of drug-likeness (QED) is 0.236. The first kappa shape index (κ1) is 21.4. The van der Waals surface area contributed by atoms with E-state index in [2.05, 4.69) is 108 Å². The average Bonchev–Trinajstić information content (AvgIpc) is 3.14. The zero-order valence-electron chi connectivity index (χ0n) is 21.5. The lowest BCUT2D eigenvalue weighted by atomic mass is 9.62. The number of aryl methyl sites for hydroxylation is 3. The number of rotatable bonds is 1. The third-order valence-corrected chi connectivity index (χ3v) is 8.37. The molecular weight excluding hydrogens is 414 g/mol. The Kier molecular flexibility index (Phi) is 4.37. The van der Waals surface area contributed by atoms with Gasteiger partial charge < -0.3 is 4.42 Å². The van der Waals surface area contributed by atoms with Gasteiger partial charge in [-0.3, -0.25) is 0 Å². The molecule has 0 aliphatic heterocycles. The Morgan fingerprint density at radius 2 is 1.59 bits per heavy atom. The fourth-order valence-corrected chi connectivity index (χ4v) is 6.41. The highest BCUT2D eigenvalue weighted by Gasteiger charge is 2.38. The first-order chi connectivity index (χ1) is 16.1. The van der Waals surface area contributed by atoms with E-state index in [0.717, 1.165) is 11.2 Å². The molecule has 1 aliphatic carbocycles. The lowest BCUT2D eigenvalue weighted by molar-refractivity contribution is -0.660. The molecule has 34 heavy (non-hydrogen) atoms. The molecule has 0 radical (unpaired) electrons. The van der Waals surface area contributed by atoms with Crippen LogP contribution in [-0.4, -0.2) is 0 Å². The minimum atomic E-state index is 0.152. The van der Waals surface area contributed by atoms with Gasteiger partial charge >= 0.3 is 0 Å². The van der Waals surface area contributed by atoms with Crippen LogP contribution in [0.4, 0.5) is 0 Å². The Labute approximate surface area is 202 Å². The number of nitrogens with zero attached hydrogens (tertiary/aromatic N) is 1. The molecule has 6 rings (SSSR count). The molecule has 0 unspecified atom stereocenters. The van der Waals surface area contributed by atoms with Crippen molar-refractivity contribution in [1.82, 2.24) is 0 Å². The van der Waals surface area contributed by atoms with Gasteiger partial charge in [0, 0.05) is 22.9 Å². The van der Waals surface area contributed by atoms with Gasteiger partial charge in [0.25, 0.3) is 0 Å². The Morgan fingerprint density at radius 3 is 2.35 bits per heavy atom. The number of hydrogen-bond donors (Lipinski definition) is 0. The molecule has 1 aliphatic rings. The summed E-state index contributed by atoms with van der Waals surface area (Å²) in [6.45, 7) is 14.0. The van der Waals surface area contributed by atoms with Gasteiger partial charge in [-0.15, -0.1) is 0 Å². The summed E-state index contributed by atoms with van der Waals surface area (Å²) in [4.78, 5) is 0. The van der Waals surface area contributed by atoms with Crippen LogP contribution in [0.3, 0.4) is 0 Å². The van der Waals surface area contributed by atoms with Crippen LogP contribution in [0, 0.1) is 13.8 Å². The molecule has 2 heteroatoms. The highest BCUT2D eigenvalue weighted by Crippen LogP contribution is 2.49. The van der Waals surface area contributed by atoms with Crippen molar-refractivity contribution in [2.75, 3.05) is 0 Å². The lowest BCUT2D eigenvalue weighted by Crippen LogP contribution is -2.34. The van der Waals surface area contributed by atoms with Gasteiger partial charge in [-0.1, -0.05) is 45.9 Å². The summed E-state index contributed by atoms with van der Waals surface area (Å²) in [5, 5.41) is 5.11. The van der Waals surface area contributed by atoms with Crippen molar-refractivity contribution in [3.63, 3.8) is 0 Å². The van der Waals surface area contributed by atoms with E-state index in [-0.39, 0.29) is 10.8 Å². The normalized spacial score (nSPS) is 16.9. The molecular formula is C32H34NO+. The van der Waals surface area contributed by atoms with E-state index in [4.69, 9.17) is 4.42 Å². The van der Waals surface area contributed by atoms with Gasteiger partial charge in [-0.2, -0.15) is 0 Å². The van der Waals surface area contributed by atoms with Gasteiger partial charge in [0.05, 0.1) is 5.56 Å². The molecule has 0 atom stereocenters. The molecule has 0 spiro atoms. The maximum Gasteiger partial charge on any atom is 0.216 e. The minimum absolute atomic E-state index is 0.152. The summed E-state index contributed by atoms with van der Waals surface area (Å²) >= 11 is 0. The van der Waals surface area contributed by atoms with Crippen LogP contribution in [0.15, 0.2) is 59.1 Å². The fourth-order valence-electron chi connectivity index (χ4n) is 6.41. The van der Waals surface area contributed by atoms with Gasteiger partial charge in [-0.25, -0.2) is 4.57 Å². The highest BCUT2D eigenvalue weighted by atomic mass is 16.3. The van der Waals surface area contributed by atoms with Gasteiger partial charge in [0.1, 0.15) is 18.2 Å².